The van der Waals surface area contributed by atoms with Crippen molar-refractivity contribution in [1.82, 2.24) is 0 Å². The van der Waals surface area contributed by atoms with Crippen LogP contribution >= 0.6 is 0 Å². The van der Waals surface area contributed by atoms with Crippen molar-refractivity contribution < 1.29 is 33.2 Å². The van der Waals surface area contributed by atoms with Crippen molar-refractivity contribution in [3.05, 3.63) is 12.2 Å². The highest BCUT2D eigenvalue weighted by Gasteiger charge is 2.08. The van der Waals surface area contributed by atoms with Gasteiger partial charge in [-0.05, 0) is 27.7 Å². The Morgan fingerprint density at radius 3 is 1.44 bits per heavy atom. The second-order valence-corrected chi connectivity index (χ2v) is 6.33. The molecule has 0 heterocycles. The molecule has 0 saturated heterocycles. The third-order valence-electron chi connectivity index (χ3n) is 2.69. The minimum absolute atomic E-state index is 0.129. The number of carbonyl (C=O) groups excluding carboxylic acids is 1. The number of ether oxygens (including phenoxy) is 6. The number of carbonyl (C=O) groups is 1. The lowest BCUT2D eigenvalue weighted by molar-refractivity contribution is -0.140. The minimum Gasteiger partial charge on any atom is -0.460 e. The zero-order chi connectivity index (χ0) is 19.0. The molecule has 0 spiro atoms. The molecule has 0 unspecified atom stereocenters. The highest BCUT2D eigenvalue weighted by atomic mass is 16.6. The van der Waals surface area contributed by atoms with Crippen LogP contribution in [0.5, 0.6) is 0 Å². The molecule has 148 valence electrons. The Hall–Kier alpha value is -0.990. The topological polar surface area (TPSA) is 72.5 Å². The first-order chi connectivity index (χ1) is 11.8. The van der Waals surface area contributed by atoms with Gasteiger partial charge in [0.2, 0.25) is 0 Å². The van der Waals surface area contributed by atoms with E-state index in [2.05, 4.69) is 6.58 Å². The van der Waals surface area contributed by atoms with E-state index in [0.29, 0.717) is 65.0 Å². The molecule has 0 aromatic heterocycles. The average Bonchev–Trinajstić information content (AvgIpc) is 2.53. The Balaban J connectivity index is 3.12. The van der Waals surface area contributed by atoms with Crippen molar-refractivity contribution in [1.29, 1.82) is 0 Å². The minimum atomic E-state index is -0.400. The summed E-state index contributed by atoms with van der Waals surface area (Å²) < 4.78 is 31.8. The molecule has 0 aliphatic heterocycles. The molecule has 0 aromatic carbocycles. The van der Waals surface area contributed by atoms with E-state index in [1.54, 1.807) is 6.92 Å². The van der Waals surface area contributed by atoms with Crippen LogP contribution in [0.4, 0.5) is 0 Å². The second-order valence-electron chi connectivity index (χ2n) is 6.33. The van der Waals surface area contributed by atoms with Gasteiger partial charge in [0, 0.05) is 5.57 Å². The lowest BCUT2D eigenvalue weighted by Crippen LogP contribution is -2.22. The van der Waals surface area contributed by atoms with E-state index in [0.717, 1.165) is 0 Å². The number of hydrogen-bond acceptors (Lipinski definition) is 7. The summed E-state index contributed by atoms with van der Waals surface area (Å²) in [7, 11) is 0. The summed E-state index contributed by atoms with van der Waals surface area (Å²) in [6.45, 7) is 15.8. The lowest BCUT2D eigenvalue weighted by Gasteiger charge is -2.19. The fourth-order valence-electron chi connectivity index (χ4n) is 1.49. The van der Waals surface area contributed by atoms with E-state index in [1.807, 2.05) is 20.8 Å². The molecule has 0 N–H and O–H groups in total. The monoisotopic (exact) mass is 362 g/mol. The van der Waals surface area contributed by atoms with Crippen LogP contribution in [0.15, 0.2) is 12.2 Å². The maximum absolute atomic E-state index is 11.1. The zero-order valence-corrected chi connectivity index (χ0v) is 16.1. The SMILES string of the molecule is C=C(C)C(=O)OCCOCCOCCOCCOCCOC(C)(C)C. The van der Waals surface area contributed by atoms with Gasteiger partial charge >= 0.3 is 5.97 Å². The number of esters is 1. The predicted molar refractivity (Wildman–Crippen MR) is 94.8 cm³/mol. The van der Waals surface area contributed by atoms with Gasteiger partial charge in [0.25, 0.3) is 0 Å². The quantitative estimate of drug-likeness (QED) is 0.236. The Morgan fingerprint density at radius 2 is 1.08 bits per heavy atom. The zero-order valence-electron chi connectivity index (χ0n) is 16.1. The third-order valence-corrected chi connectivity index (χ3v) is 2.69. The average molecular weight is 362 g/mol. The largest absolute Gasteiger partial charge is 0.460 e. The highest BCUT2D eigenvalue weighted by Crippen LogP contribution is 2.05. The van der Waals surface area contributed by atoms with Gasteiger partial charge in [0.15, 0.2) is 0 Å². The standard InChI is InChI=1S/C18H34O7/c1-16(2)17(19)24-14-12-22-10-8-20-6-7-21-9-11-23-13-15-25-18(3,4)5/h1,6-15H2,2-5H3. The molecule has 7 nitrogen and oxygen atoms in total. The van der Waals surface area contributed by atoms with Crippen LogP contribution in [-0.4, -0.2) is 77.6 Å². The van der Waals surface area contributed by atoms with Gasteiger partial charge in [0.05, 0.1) is 65.1 Å². The van der Waals surface area contributed by atoms with Gasteiger partial charge < -0.3 is 28.4 Å². The Labute approximate surface area is 151 Å². The molecule has 0 aliphatic rings. The summed E-state index contributed by atoms with van der Waals surface area (Å²) in [5.41, 5.74) is 0.252. The molecule has 0 aromatic rings. The third kappa shape index (κ3) is 19.2. The van der Waals surface area contributed by atoms with Crippen LogP contribution in [0, 0.1) is 0 Å². The van der Waals surface area contributed by atoms with Crippen LogP contribution in [0.2, 0.25) is 0 Å². The summed E-state index contributed by atoms with van der Waals surface area (Å²) in [5.74, 6) is -0.400. The molecule has 0 saturated carbocycles. The van der Waals surface area contributed by atoms with Crippen LogP contribution in [0.3, 0.4) is 0 Å². The predicted octanol–water partition coefficient (Wildman–Crippen LogP) is 1.99. The molecule has 0 atom stereocenters. The molecule has 0 rings (SSSR count). The van der Waals surface area contributed by atoms with Crippen molar-refractivity contribution in [2.24, 2.45) is 0 Å². The van der Waals surface area contributed by atoms with Gasteiger partial charge in [-0.3, -0.25) is 0 Å². The summed E-state index contributed by atoms with van der Waals surface area (Å²) >= 11 is 0. The summed E-state index contributed by atoms with van der Waals surface area (Å²) in [6, 6.07) is 0. The summed E-state index contributed by atoms with van der Waals surface area (Å²) in [5, 5.41) is 0. The molecule has 0 fully saturated rings. The normalized spacial score (nSPS) is 11.5. The van der Waals surface area contributed by atoms with Crippen LogP contribution in [0.25, 0.3) is 0 Å². The fourth-order valence-corrected chi connectivity index (χ4v) is 1.49. The number of hydrogen-bond donors (Lipinski definition) is 0. The van der Waals surface area contributed by atoms with Gasteiger partial charge in [0.1, 0.15) is 6.61 Å². The van der Waals surface area contributed by atoms with Crippen LogP contribution in [0.1, 0.15) is 27.7 Å². The first-order valence-electron chi connectivity index (χ1n) is 8.60. The molecule has 0 aliphatic carbocycles. The summed E-state index contributed by atoms with van der Waals surface area (Å²) in [4.78, 5) is 11.1. The number of rotatable bonds is 16. The highest BCUT2D eigenvalue weighted by molar-refractivity contribution is 5.86. The van der Waals surface area contributed by atoms with Crippen molar-refractivity contribution in [2.45, 2.75) is 33.3 Å². The smallest absolute Gasteiger partial charge is 0.333 e. The Kier molecular flexibility index (Phi) is 14.7. The van der Waals surface area contributed by atoms with Crippen molar-refractivity contribution in [3.63, 3.8) is 0 Å². The van der Waals surface area contributed by atoms with Crippen LogP contribution < -0.4 is 0 Å². The first-order valence-corrected chi connectivity index (χ1v) is 8.60. The van der Waals surface area contributed by atoms with Crippen LogP contribution in [-0.2, 0) is 33.2 Å². The van der Waals surface area contributed by atoms with E-state index >= 15 is 0 Å². The molecule has 0 radical (unpaired) electrons. The van der Waals surface area contributed by atoms with Gasteiger partial charge in [-0.2, -0.15) is 0 Å². The fraction of sp³-hybridized carbons (Fsp3) is 0.833. The van der Waals surface area contributed by atoms with Gasteiger partial charge in [-0.15, -0.1) is 0 Å². The van der Waals surface area contributed by atoms with Crippen molar-refractivity contribution in [3.8, 4) is 0 Å². The Morgan fingerprint density at radius 1 is 0.720 bits per heavy atom. The second kappa shape index (κ2) is 15.3. The van der Waals surface area contributed by atoms with E-state index in [1.165, 1.54) is 0 Å². The van der Waals surface area contributed by atoms with Gasteiger partial charge in [-0.25, -0.2) is 4.79 Å². The molecule has 25 heavy (non-hydrogen) atoms. The molecule has 0 amide bonds. The van der Waals surface area contributed by atoms with E-state index in [-0.39, 0.29) is 12.2 Å². The van der Waals surface area contributed by atoms with E-state index in [4.69, 9.17) is 28.4 Å². The van der Waals surface area contributed by atoms with Gasteiger partial charge in [-0.1, -0.05) is 6.58 Å². The molecule has 0 bridgehead atoms. The molecule has 7 heteroatoms. The van der Waals surface area contributed by atoms with E-state index < -0.39 is 5.97 Å². The Bertz CT molecular complexity index is 350. The molecular formula is C18H34O7. The first kappa shape index (κ1) is 24.0. The lowest BCUT2D eigenvalue weighted by atomic mass is 10.2. The van der Waals surface area contributed by atoms with Crippen molar-refractivity contribution >= 4 is 5.97 Å². The maximum atomic E-state index is 11.1. The summed E-state index contributed by atoms with van der Waals surface area (Å²) in [6.07, 6.45) is 0. The maximum Gasteiger partial charge on any atom is 0.333 e. The molecular weight excluding hydrogens is 328 g/mol. The van der Waals surface area contributed by atoms with Crippen molar-refractivity contribution in [2.75, 3.05) is 66.1 Å². The van der Waals surface area contributed by atoms with E-state index in [9.17, 15) is 4.79 Å².